The molecule has 6 nitrogen and oxygen atoms in total. The normalized spacial score (nSPS) is 10.3. The zero-order chi connectivity index (χ0) is 15.1. The highest BCUT2D eigenvalue weighted by Gasteiger charge is 2.00. The third-order valence-electron chi connectivity index (χ3n) is 2.98. The van der Waals surface area contributed by atoms with Crippen LogP contribution in [-0.4, -0.2) is 22.3 Å². The molecule has 1 amide bonds. The first-order valence-corrected chi connectivity index (χ1v) is 6.93. The van der Waals surface area contributed by atoms with Crippen LogP contribution in [0.1, 0.15) is 18.9 Å². The second-order valence-electron chi connectivity index (χ2n) is 4.65. The molecule has 112 valence electrons. The standard InChI is InChI=1S/C15H20N4O2/c1-2-19-11-12(10-18-19)9-17-13-3-5-14(6-4-13)21-8-7-15(16)20/h3-6,10-11,17H,2,7-9H2,1H3,(H2,16,20). The highest BCUT2D eigenvalue weighted by atomic mass is 16.5. The lowest BCUT2D eigenvalue weighted by Gasteiger charge is -2.07. The van der Waals surface area contributed by atoms with Gasteiger partial charge >= 0.3 is 0 Å². The molecule has 1 heterocycles. The highest BCUT2D eigenvalue weighted by molar-refractivity contribution is 5.73. The quantitative estimate of drug-likeness (QED) is 0.775. The molecule has 0 spiro atoms. The second-order valence-corrected chi connectivity index (χ2v) is 4.65. The summed E-state index contributed by atoms with van der Waals surface area (Å²) in [6.07, 6.45) is 4.10. The van der Waals surface area contributed by atoms with Crippen LogP contribution in [0.25, 0.3) is 0 Å². The molecule has 3 N–H and O–H groups in total. The number of hydrogen-bond donors (Lipinski definition) is 2. The molecule has 0 aliphatic carbocycles. The van der Waals surface area contributed by atoms with Gasteiger partial charge in [0.1, 0.15) is 5.75 Å². The topological polar surface area (TPSA) is 82.2 Å². The van der Waals surface area contributed by atoms with Crippen molar-refractivity contribution in [1.29, 1.82) is 0 Å². The van der Waals surface area contributed by atoms with Crippen LogP contribution < -0.4 is 15.8 Å². The largest absolute Gasteiger partial charge is 0.493 e. The maximum atomic E-state index is 10.6. The molecule has 0 aliphatic heterocycles. The maximum Gasteiger partial charge on any atom is 0.220 e. The molecular formula is C15H20N4O2. The summed E-state index contributed by atoms with van der Waals surface area (Å²) in [5.74, 6) is 0.363. The third kappa shape index (κ3) is 4.83. The van der Waals surface area contributed by atoms with Gasteiger partial charge in [-0.1, -0.05) is 0 Å². The van der Waals surface area contributed by atoms with E-state index in [9.17, 15) is 4.79 Å². The Kier molecular flexibility index (Phi) is 5.20. The van der Waals surface area contributed by atoms with E-state index >= 15 is 0 Å². The summed E-state index contributed by atoms with van der Waals surface area (Å²) in [6, 6.07) is 7.59. The lowest BCUT2D eigenvalue weighted by molar-refractivity contribution is -0.118. The first-order valence-electron chi connectivity index (χ1n) is 6.93. The third-order valence-corrected chi connectivity index (χ3v) is 2.98. The van der Waals surface area contributed by atoms with Crippen LogP contribution in [-0.2, 0) is 17.9 Å². The summed E-state index contributed by atoms with van der Waals surface area (Å²) < 4.78 is 7.31. The van der Waals surface area contributed by atoms with Gasteiger partial charge in [0, 0.05) is 30.5 Å². The summed E-state index contributed by atoms with van der Waals surface area (Å²) >= 11 is 0. The summed E-state index contributed by atoms with van der Waals surface area (Å²) in [4.78, 5) is 10.6. The van der Waals surface area contributed by atoms with E-state index in [1.165, 1.54) is 0 Å². The number of nitrogens with two attached hydrogens (primary N) is 1. The van der Waals surface area contributed by atoms with Crippen LogP contribution in [0, 0.1) is 0 Å². The van der Waals surface area contributed by atoms with E-state index in [0.717, 1.165) is 30.1 Å². The van der Waals surface area contributed by atoms with Crippen LogP contribution in [0.5, 0.6) is 5.75 Å². The fourth-order valence-corrected chi connectivity index (χ4v) is 1.81. The predicted molar refractivity (Wildman–Crippen MR) is 81.0 cm³/mol. The molecule has 0 atom stereocenters. The number of primary amides is 1. The van der Waals surface area contributed by atoms with Crippen LogP contribution in [0.4, 0.5) is 5.69 Å². The first kappa shape index (κ1) is 14.9. The molecule has 2 aromatic rings. The van der Waals surface area contributed by atoms with Crippen molar-refractivity contribution in [1.82, 2.24) is 9.78 Å². The zero-order valence-electron chi connectivity index (χ0n) is 12.1. The Morgan fingerprint density at radius 1 is 1.38 bits per heavy atom. The fourth-order valence-electron chi connectivity index (χ4n) is 1.81. The monoisotopic (exact) mass is 288 g/mol. The number of amides is 1. The van der Waals surface area contributed by atoms with Crippen molar-refractivity contribution in [2.75, 3.05) is 11.9 Å². The Hall–Kier alpha value is -2.50. The molecule has 0 radical (unpaired) electrons. The van der Waals surface area contributed by atoms with E-state index in [1.54, 1.807) is 0 Å². The van der Waals surface area contributed by atoms with Crippen molar-refractivity contribution in [3.05, 3.63) is 42.2 Å². The SMILES string of the molecule is CCn1cc(CNc2ccc(OCCC(N)=O)cc2)cn1. The Bertz CT molecular complexity index is 578. The average Bonchev–Trinajstić information content (AvgIpc) is 2.94. The van der Waals surface area contributed by atoms with Crippen molar-refractivity contribution in [2.45, 2.75) is 26.4 Å². The first-order chi connectivity index (χ1) is 10.2. The second kappa shape index (κ2) is 7.33. The van der Waals surface area contributed by atoms with Gasteiger partial charge in [-0.25, -0.2) is 0 Å². The lowest BCUT2D eigenvalue weighted by atomic mass is 10.3. The minimum absolute atomic E-state index is 0.224. The molecule has 0 aliphatic rings. The van der Waals surface area contributed by atoms with Gasteiger partial charge in [0.25, 0.3) is 0 Å². The fraction of sp³-hybridized carbons (Fsp3) is 0.333. The molecule has 6 heteroatoms. The van der Waals surface area contributed by atoms with E-state index in [1.807, 2.05) is 41.3 Å². The van der Waals surface area contributed by atoms with Crippen LogP contribution in [0.15, 0.2) is 36.7 Å². The number of nitrogens with zero attached hydrogens (tertiary/aromatic N) is 2. The highest BCUT2D eigenvalue weighted by Crippen LogP contribution is 2.16. The van der Waals surface area contributed by atoms with E-state index in [0.29, 0.717) is 6.61 Å². The molecule has 0 saturated heterocycles. The van der Waals surface area contributed by atoms with Gasteiger partial charge < -0.3 is 15.8 Å². The number of ether oxygens (including phenoxy) is 1. The smallest absolute Gasteiger partial charge is 0.220 e. The molecule has 0 bridgehead atoms. The Morgan fingerprint density at radius 3 is 2.76 bits per heavy atom. The van der Waals surface area contributed by atoms with Gasteiger partial charge in [0.2, 0.25) is 5.91 Å². The Balaban J connectivity index is 1.80. The molecule has 0 unspecified atom stereocenters. The number of aryl methyl sites for hydroxylation is 1. The maximum absolute atomic E-state index is 10.6. The number of carbonyl (C=O) groups excluding carboxylic acids is 1. The molecule has 21 heavy (non-hydrogen) atoms. The Morgan fingerprint density at radius 2 is 2.14 bits per heavy atom. The number of hydrogen-bond acceptors (Lipinski definition) is 4. The van der Waals surface area contributed by atoms with Crippen molar-refractivity contribution < 1.29 is 9.53 Å². The van der Waals surface area contributed by atoms with Gasteiger partial charge in [-0.3, -0.25) is 9.48 Å². The number of aromatic nitrogens is 2. The molecule has 1 aromatic carbocycles. The van der Waals surface area contributed by atoms with E-state index in [-0.39, 0.29) is 12.3 Å². The van der Waals surface area contributed by atoms with Crippen LogP contribution in [0.2, 0.25) is 0 Å². The number of benzene rings is 1. The molecule has 2 rings (SSSR count). The van der Waals surface area contributed by atoms with E-state index in [2.05, 4.69) is 17.3 Å². The number of nitrogens with one attached hydrogen (secondary N) is 1. The van der Waals surface area contributed by atoms with E-state index < -0.39 is 0 Å². The Labute approximate surface area is 123 Å². The molecule has 1 aromatic heterocycles. The van der Waals surface area contributed by atoms with Gasteiger partial charge in [-0.2, -0.15) is 5.10 Å². The predicted octanol–water partition coefficient (Wildman–Crippen LogP) is 1.77. The van der Waals surface area contributed by atoms with Crippen molar-refractivity contribution in [3.8, 4) is 5.75 Å². The molecule has 0 saturated carbocycles. The van der Waals surface area contributed by atoms with Crippen molar-refractivity contribution in [2.24, 2.45) is 5.73 Å². The van der Waals surface area contributed by atoms with Gasteiger partial charge in [-0.05, 0) is 31.2 Å². The van der Waals surface area contributed by atoms with Crippen LogP contribution >= 0.6 is 0 Å². The number of rotatable bonds is 8. The van der Waals surface area contributed by atoms with Crippen molar-refractivity contribution in [3.63, 3.8) is 0 Å². The summed E-state index contributed by atoms with van der Waals surface area (Å²) in [7, 11) is 0. The van der Waals surface area contributed by atoms with Gasteiger partial charge in [-0.15, -0.1) is 0 Å². The lowest BCUT2D eigenvalue weighted by Crippen LogP contribution is -2.14. The average molecular weight is 288 g/mol. The van der Waals surface area contributed by atoms with Crippen LogP contribution in [0.3, 0.4) is 0 Å². The zero-order valence-corrected chi connectivity index (χ0v) is 12.1. The summed E-state index contributed by atoms with van der Waals surface area (Å²) in [5, 5.41) is 7.54. The van der Waals surface area contributed by atoms with E-state index in [4.69, 9.17) is 10.5 Å². The minimum atomic E-state index is -0.360. The number of carbonyl (C=O) groups is 1. The molecule has 0 fully saturated rings. The minimum Gasteiger partial charge on any atom is -0.493 e. The van der Waals surface area contributed by atoms with Gasteiger partial charge in [0.05, 0.1) is 19.2 Å². The summed E-state index contributed by atoms with van der Waals surface area (Å²) in [6.45, 7) is 3.96. The van der Waals surface area contributed by atoms with Gasteiger partial charge in [0.15, 0.2) is 0 Å². The number of anilines is 1. The molecular weight excluding hydrogens is 268 g/mol. The van der Waals surface area contributed by atoms with Crippen molar-refractivity contribution >= 4 is 11.6 Å². The summed E-state index contributed by atoms with van der Waals surface area (Å²) in [5.41, 5.74) is 7.19.